The van der Waals surface area contributed by atoms with Gasteiger partial charge in [0.2, 0.25) is 6.23 Å². The van der Waals surface area contributed by atoms with E-state index in [4.69, 9.17) is 9.47 Å². The largest absolute Gasteiger partial charge is 0.497 e. The lowest BCUT2D eigenvalue weighted by Gasteiger charge is -2.39. The highest BCUT2D eigenvalue weighted by atomic mass is 16.6. The quantitative estimate of drug-likeness (QED) is 0.762. The average molecular weight is 333 g/mol. The van der Waals surface area contributed by atoms with E-state index in [1.165, 1.54) is 5.06 Å². The molecule has 0 fully saturated rings. The zero-order valence-corrected chi connectivity index (χ0v) is 13.9. The van der Waals surface area contributed by atoms with E-state index < -0.39 is 6.23 Å². The van der Waals surface area contributed by atoms with Gasteiger partial charge in [0.15, 0.2) is 0 Å². The number of para-hydroxylation sites is 1. The van der Waals surface area contributed by atoms with E-state index in [0.717, 1.165) is 28.2 Å². The Morgan fingerprint density at radius 2 is 1.52 bits per heavy atom. The summed E-state index contributed by atoms with van der Waals surface area (Å²) in [6, 6.07) is 25.0. The molecule has 0 amide bonds. The minimum atomic E-state index is -0.566. The summed E-state index contributed by atoms with van der Waals surface area (Å²) in [7, 11) is 1.64. The average Bonchev–Trinajstić information content (AvgIpc) is 2.68. The van der Waals surface area contributed by atoms with Gasteiger partial charge in [-0.05, 0) is 23.8 Å². The van der Waals surface area contributed by atoms with Crippen LogP contribution >= 0.6 is 0 Å². The summed E-state index contributed by atoms with van der Waals surface area (Å²) < 4.78 is 11.3. The predicted molar refractivity (Wildman–Crippen MR) is 94.7 cm³/mol. The van der Waals surface area contributed by atoms with Gasteiger partial charge in [0.25, 0.3) is 0 Å². The van der Waals surface area contributed by atoms with Crippen molar-refractivity contribution < 1.29 is 14.7 Å². The van der Waals surface area contributed by atoms with Crippen molar-refractivity contribution in [3.05, 3.63) is 95.6 Å². The highest BCUT2D eigenvalue weighted by molar-refractivity contribution is 5.44. The molecular formula is C21H19NO3. The fourth-order valence-corrected chi connectivity index (χ4v) is 3.22. The molecule has 3 aromatic rings. The third-order valence-electron chi connectivity index (χ3n) is 4.47. The number of hydroxylamine groups is 2. The molecule has 2 atom stereocenters. The monoisotopic (exact) mass is 333 g/mol. The zero-order valence-electron chi connectivity index (χ0n) is 13.9. The van der Waals surface area contributed by atoms with Crippen LogP contribution in [0.15, 0.2) is 78.9 Å². The highest BCUT2D eigenvalue weighted by Crippen LogP contribution is 2.44. The SMILES string of the molecule is COc1ccc(C2c3ccccc3OC(c3ccccc3)N2O)cc1. The van der Waals surface area contributed by atoms with Gasteiger partial charge >= 0.3 is 0 Å². The van der Waals surface area contributed by atoms with E-state index in [9.17, 15) is 5.21 Å². The Balaban J connectivity index is 1.80. The van der Waals surface area contributed by atoms with Crippen LogP contribution in [0.2, 0.25) is 0 Å². The lowest BCUT2D eigenvalue weighted by Crippen LogP contribution is -2.37. The molecule has 0 bridgehead atoms. The molecule has 4 heteroatoms. The van der Waals surface area contributed by atoms with Crippen LogP contribution in [0, 0.1) is 0 Å². The minimum absolute atomic E-state index is 0.318. The van der Waals surface area contributed by atoms with Crippen LogP contribution in [-0.4, -0.2) is 17.4 Å². The number of fused-ring (bicyclic) bond motifs is 1. The van der Waals surface area contributed by atoms with Gasteiger partial charge in [-0.25, -0.2) is 0 Å². The van der Waals surface area contributed by atoms with Gasteiger partial charge in [0, 0.05) is 11.1 Å². The smallest absolute Gasteiger partial charge is 0.201 e. The Labute approximate surface area is 146 Å². The molecular weight excluding hydrogens is 314 g/mol. The number of hydrogen-bond donors (Lipinski definition) is 1. The first kappa shape index (κ1) is 15.7. The van der Waals surface area contributed by atoms with Crippen LogP contribution in [0.25, 0.3) is 0 Å². The normalized spacial score (nSPS) is 19.8. The summed E-state index contributed by atoms with van der Waals surface area (Å²) in [5, 5.41) is 12.3. The van der Waals surface area contributed by atoms with Crippen LogP contribution in [-0.2, 0) is 0 Å². The van der Waals surface area contributed by atoms with E-state index in [2.05, 4.69) is 0 Å². The summed E-state index contributed by atoms with van der Waals surface area (Å²) in [6.45, 7) is 0. The summed E-state index contributed by atoms with van der Waals surface area (Å²) in [4.78, 5) is 0. The first-order valence-corrected chi connectivity index (χ1v) is 8.19. The van der Waals surface area contributed by atoms with Crippen LogP contribution in [0.5, 0.6) is 11.5 Å². The molecule has 0 aromatic heterocycles. The maximum atomic E-state index is 11.0. The van der Waals surface area contributed by atoms with Crippen molar-refractivity contribution in [1.29, 1.82) is 0 Å². The van der Waals surface area contributed by atoms with Crippen molar-refractivity contribution in [2.75, 3.05) is 7.11 Å². The standard InChI is InChI=1S/C21H19NO3/c1-24-17-13-11-15(12-14-17)20-18-9-5-6-10-19(18)25-21(22(20)23)16-7-3-2-4-8-16/h2-14,20-21,23H,1H3. The van der Waals surface area contributed by atoms with E-state index in [1.54, 1.807) is 7.11 Å². The van der Waals surface area contributed by atoms with Gasteiger partial charge in [-0.3, -0.25) is 0 Å². The fraction of sp³-hybridized carbons (Fsp3) is 0.143. The van der Waals surface area contributed by atoms with Gasteiger partial charge in [0.05, 0.1) is 13.2 Å². The lowest BCUT2D eigenvalue weighted by atomic mass is 9.95. The fourth-order valence-electron chi connectivity index (χ4n) is 3.22. The molecule has 1 N–H and O–H groups in total. The topological polar surface area (TPSA) is 41.9 Å². The molecule has 0 spiro atoms. The van der Waals surface area contributed by atoms with E-state index in [-0.39, 0.29) is 6.04 Å². The third-order valence-corrected chi connectivity index (χ3v) is 4.47. The molecule has 0 saturated carbocycles. The van der Waals surface area contributed by atoms with Gasteiger partial charge < -0.3 is 14.7 Å². The van der Waals surface area contributed by atoms with E-state index in [0.29, 0.717) is 0 Å². The molecule has 4 nitrogen and oxygen atoms in total. The highest BCUT2D eigenvalue weighted by Gasteiger charge is 2.36. The number of hydrogen-bond acceptors (Lipinski definition) is 4. The number of methoxy groups -OCH3 is 1. The van der Waals surface area contributed by atoms with Crippen molar-refractivity contribution in [3.8, 4) is 11.5 Å². The van der Waals surface area contributed by atoms with Crippen LogP contribution in [0.3, 0.4) is 0 Å². The van der Waals surface area contributed by atoms with Gasteiger partial charge in [-0.15, -0.1) is 5.06 Å². The molecule has 1 heterocycles. The molecule has 0 aliphatic carbocycles. The summed E-state index contributed by atoms with van der Waals surface area (Å²) in [6.07, 6.45) is -0.566. The van der Waals surface area contributed by atoms with Crippen molar-refractivity contribution in [2.45, 2.75) is 12.3 Å². The summed E-state index contributed by atoms with van der Waals surface area (Å²) in [5.74, 6) is 1.57. The molecule has 0 saturated heterocycles. The molecule has 0 radical (unpaired) electrons. The first-order valence-electron chi connectivity index (χ1n) is 8.19. The van der Waals surface area contributed by atoms with Gasteiger partial charge in [-0.1, -0.05) is 60.7 Å². The molecule has 1 aliphatic heterocycles. The van der Waals surface area contributed by atoms with Crippen molar-refractivity contribution >= 4 is 0 Å². The molecule has 25 heavy (non-hydrogen) atoms. The number of rotatable bonds is 3. The summed E-state index contributed by atoms with van der Waals surface area (Å²) in [5.41, 5.74) is 2.81. The zero-order chi connectivity index (χ0) is 17.2. The van der Waals surface area contributed by atoms with Crippen LogP contribution < -0.4 is 9.47 Å². The molecule has 3 aromatic carbocycles. The molecule has 4 rings (SSSR count). The Morgan fingerprint density at radius 1 is 0.840 bits per heavy atom. The number of ether oxygens (including phenoxy) is 2. The van der Waals surface area contributed by atoms with Gasteiger partial charge in [0.1, 0.15) is 11.5 Å². The summed E-state index contributed by atoms with van der Waals surface area (Å²) >= 11 is 0. The maximum Gasteiger partial charge on any atom is 0.201 e. The lowest BCUT2D eigenvalue weighted by molar-refractivity contribution is -0.220. The Morgan fingerprint density at radius 3 is 2.24 bits per heavy atom. The second-order valence-electron chi connectivity index (χ2n) is 5.97. The molecule has 2 unspecified atom stereocenters. The van der Waals surface area contributed by atoms with Crippen molar-refractivity contribution in [3.63, 3.8) is 0 Å². The van der Waals surface area contributed by atoms with Crippen molar-refractivity contribution in [1.82, 2.24) is 5.06 Å². The molecule has 126 valence electrons. The Hall–Kier alpha value is -2.82. The predicted octanol–water partition coefficient (Wildman–Crippen LogP) is 4.57. The second kappa shape index (κ2) is 6.59. The van der Waals surface area contributed by atoms with E-state index >= 15 is 0 Å². The van der Waals surface area contributed by atoms with Crippen LogP contribution in [0.4, 0.5) is 0 Å². The third kappa shape index (κ3) is 2.86. The van der Waals surface area contributed by atoms with Crippen molar-refractivity contribution in [2.24, 2.45) is 0 Å². The van der Waals surface area contributed by atoms with Gasteiger partial charge in [-0.2, -0.15) is 0 Å². The number of benzene rings is 3. The van der Waals surface area contributed by atoms with E-state index in [1.807, 2.05) is 78.9 Å². The maximum absolute atomic E-state index is 11.0. The Bertz CT molecular complexity index is 849. The molecule has 1 aliphatic rings. The second-order valence-corrected chi connectivity index (χ2v) is 5.97. The first-order chi connectivity index (χ1) is 12.3. The Kier molecular flexibility index (Phi) is 4.14. The number of nitrogens with zero attached hydrogens (tertiary/aromatic N) is 1. The minimum Gasteiger partial charge on any atom is -0.497 e. The van der Waals surface area contributed by atoms with Crippen LogP contribution in [0.1, 0.15) is 29.0 Å².